The number of benzene rings is 2. The summed E-state index contributed by atoms with van der Waals surface area (Å²) < 4.78 is 5.53. The summed E-state index contributed by atoms with van der Waals surface area (Å²) in [6, 6.07) is 16.4. The summed E-state index contributed by atoms with van der Waals surface area (Å²) in [6.07, 6.45) is 0. The number of rotatable bonds is 6. The van der Waals surface area contributed by atoms with Crippen LogP contribution >= 0.6 is 0 Å². The number of carbonyl (C=O) groups excluding carboxylic acids is 1. The van der Waals surface area contributed by atoms with Crippen molar-refractivity contribution < 1.29 is 9.53 Å². The Morgan fingerprint density at radius 2 is 1.58 bits per heavy atom. The van der Waals surface area contributed by atoms with E-state index in [4.69, 9.17) is 4.74 Å². The molecule has 2 aliphatic heterocycles. The van der Waals surface area contributed by atoms with Crippen LogP contribution in [0.5, 0.6) is 5.75 Å². The lowest BCUT2D eigenvalue weighted by atomic mass is 10.1. The van der Waals surface area contributed by atoms with Crippen LogP contribution < -0.4 is 9.64 Å². The van der Waals surface area contributed by atoms with Crippen LogP contribution in [0.1, 0.15) is 22.8 Å². The molecule has 0 saturated carbocycles. The molecule has 4 rings (SSSR count). The van der Waals surface area contributed by atoms with Crippen molar-refractivity contribution in [2.45, 2.75) is 13.5 Å². The van der Waals surface area contributed by atoms with Crippen LogP contribution in [0.15, 0.2) is 48.5 Å². The van der Waals surface area contributed by atoms with E-state index in [0.717, 1.165) is 76.8 Å². The van der Waals surface area contributed by atoms with E-state index in [9.17, 15) is 4.79 Å². The van der Waals surface area contributed by atoms with E-state index in [-0.39, 0.29) is 5.91 Å². The molecule has 0 N–H and O–H groups in total. The van der Waals surface area contributed by atoms with Crippen molar-refractivity contribution in [2.75, 3.05) is 70.9 Å². The molecule has 1 amide bonds. The normalized spacial score (nSPS) is 18.3. The van der Waals surface area contributed by atoms with Crippen LogP contribution in [0.4, 0.5) is 5.69 Å². The highest BCUT2D eigenvalue weighted by atomic mass is 16.5. The van der Waals surface area contributed by atoms with Crippen molar-refractivity contribution in [3.8, 4) is 5.75 Å². The fourth-order valence-corrected chi connectivity index (χ4v) is 4.55. The van der Waals surface area contributed by atoms with E-state index in [2.05, 4.69) is 45.9 Å². The average Bonchev–Trinajstić information content (AvgIpc) is 2.84. The van der Waals surface area contributed by atoms with Gasteiger partial charge >= 0.3 is 0 Å². The maximum absolute atomic E-state index is 13.0. The highest BCUT2D eigenvalue weighted by molar-refractivity contribution is 5.94. The lowest BCUT2D eigenvalue weighted by Gasteiger charge is -2.36. The van der Waals surface area contributed by atoms with E-state index in [1.54, 1.807) is 7.11 Å². The molecule has 0 spiro atoms. The van der Waals surface area contributed by atoms with Crippen molar-refractivity contribution in [1.82, 2.24) is 14.7 Å². The van der Waals surface area contributed by atoms with Gasteiger partial charge in [0.1, 0.15) is 5.75 Å². The first-order valence-corrected chi connectivity index (χ1v) is 11.4. The Kier molecular flexibility index (Phi) is 7.10. The molecule has 0 atom stereocenters. The smallest absolute Gasteiger partial charge is 0.253 e. The number of carbonyl (C=O) groups is 1. The van der Waals surface area contributed by atoms with Crippen LogP contribution in [-0.4, -0.2) is 86.6 Å². The third kappa shape index (κ3) is 5.20. The van der Waals surface area contributed by atoms with Gasteiger partial charge in [-0.15, -0.1) is 0 Å². The van der Waals surface area contributed by atoms with E-state index >= 15 is 0 Å². The number of para-hydroxylation sites is 2. The summed E-state index contributed by atoms with van der Waals surface area (Å²) in [5, 5.41) is 0. The Labute approximate surface area is 186 Å². The van der Waals surface area contributed by atoms with Gasteiger partial charge in [0.05, 0.1) is 12.8 Å². The van der Waals surface area contributed by atoms with Crippen LogP contribution in [0.3, 0.4) is 0 Å². The number of amides is 1. The lowest BCUT2D eigenvalue weighted by Crippen LogP contribution is -2.48. The zero-order valence-corrected chi connectivity index (χ0v) is 18.8. The van der Waals surface area contributed by atoms with Gasteiger partial charge in [0.2, 0.25) is 0 Å². The summed E-state index contributed by atoms with van der Waals surface area (Å²) in [5.41, 5.74) is 3.19. The second-order valence-electron chi connectivity index (χ2n) is 8.36. The van der Waals surface area contributed by atoms with Crippen molar-refractivity contribution in [3.63, 3.8) is 0 Å². The zero-order chi connectivity index (χ0) is 21.6. The molecular weight excluding hydrogens is 388 g/mol. The first-order chi connectivity index (χ1) is 15.2. The van der Waals surface area contributed by atoms with Gasteiger partial charge in [0, 0.05) is 64.5 Å². The second kappa shape index (κ2) is 10.2. The quantitative estimate of drug-likeness (QED) is 0.716. The van der Waals surface area contributed by atoms with E-state index in [1.165, 1.54) is 11.3 Å². The van der Waals surface area contributed by atoms with Gasteiger partial charge in [-0.3, -0.25) is 9.69 Å². The Morgan fingerprint density at radius 1 is 0.871 bits per heavy atom. The fraction of sp³-hybridized carbons (Fsp3) is 0.480. The average molecular weight is 423 g/mol. The lowest BCUT2D eigenvalue weighted by molar-refractivity contribution is 0.0643. The van der Waals surface area contributed by atoms with Crippen LogP contribution in [0.2, 0.25) is 0 Å². The summed E-state index contributed by atoms with van der Waals surface area (Å²) >= 11 is 0. The van der Waals surface area contributed by atoms with E-state index in [1.807, 2.05) is 29.2 Å². The van der Waals surface area contributed by atoms with Crippen molar-refractivity contribution in [1.29, 1.82) is 0 Å². The predicted molar refractivity (Wildman–Crippen MR) is 125 cm³/mol. The summed E-state index contributed by atoms with van der Waals surface area (Å²) in [6.45, 7) is 11.6. The molecule has 2 aromatic carbocycles. The van der Waals surface area contributed by atoms with Crippen LogP contribution in [-0.2, 0) is 6.54 Å². The van der Waals surface area contributed by atoms with Gasteiger partial charge < -0.3 is 19.4 Å². The predicted octanol–water partition coefficient (Wildman–Crippen LogP) is 2.80. The Balaban J connectivity index is 1.33. The van der Waals surface area contributed by atoms with Gasteiger partial charge in [0.25, 0.3) is 5.91 Å². The summed E-state index contributed by atoms with van der Waals surface area (Å²) in [4.78, 5) is 22.2. The van der Waals surface area contributed by atoms with Crippen LogP contribution in [0, 0.1) is 0 Å². The molecule has 0 bridgehead atoms. The first-order valence-electron chi connectivity index (χ1n) is 11.4. The topological polar surface area (TPSA) is 39.3 Å². The molecule has 31 heavy (non-hydrogen) atoms. The molecule has 0 aliphatic carbocycles. The second-order valence-corrected chi connectivity index (χ2v) is 8.36. The Morgan fingerprint density at radius 3 is 2.29 bits per heavy atom. The van der Waals surface area contributed by atoms with Gasteiger partial charge in [0.15, 0.2) is 0 Å². The van der Waals surface area contributed by atoms with Crippen molar-refractivity contribution >= 4 is 11.6 Å². The number of ether oxygens (including phenoxy) is 1. The van der Waals surface area contributed by atoms with Gasteiger partial charge in [-0.1, -0.05) is 31.2 Å². The first kappa shape index (κ1) is 21.7. The van der Waals surface area contributed by atoms with Crippen LogP contribution in [0.25, 0.3) is 0 Å². The van der Waals surface area contributed by atoms with Crippen molar-refractivity contribution in [2.24, 2.45) is 0 Å². The third-order valence-electron chi connectivity index (χ3n) is 6.48. The molecule has 166 valence electrons. The molecule has 0 unspecified atom stereocenters. The summed E-state index contributed by atoms with van der Waals surface area (Å²) in [7, 11) is 1.73. The highest BCUT2D eigenvalue weighted by Crippen LogP contribution is 2.28. The largest absolute Gasteiger partial charge is 0.495 e. The monoisotopic (exact) mass is 422 g/mol. The summed E-state index contributed by atoms with van der Waals surface area (Å²) in [5.74, 6) is 1.10. The molecule has 6 nitrogen and oxygen atoms in total. The molecule has 2 saturated heterocycles. The minimum Gasteiger partial charge on any atom is -0.495 e. The highest BCUT2D eigenvalue weighted by Gasteiger charge is 2.22. The van der Waals surface area contributed by atoms with E-state index < -0.39 is 0 Å². The van der Waals surface area contributed by atoms with Gasteiger partial charge in [-0.25, -0.2) is 0 Å². The minimum absolute atomic E-state index is 0.165. The van der Waals surface area contributed by atoms with E-state index in [0.29, 0.717) is 0 Å². The molecule has 2 aliphatic rings. The SMILES string of the molecule is CCN1CCN(C(=O)c2cccc(CN3CCN(c4ccccc4OC)CC3)c2)CC1. The number of nitrogens with zero attached hydrogens (tertiary/aromatic N) is 4. The molecule has 2 fully saturated rings. The number of piperazine rings is 2. The molecular formula is C25H34N4O2. The Bertz CT molecular complexity index is 871. The molecule has 0 radical (unpaired) electrons. The maximum atomic E-state index is 13.0. The Hall–Kier alpha value is -2.57. The number of hydrogen-bond acceptors (Lipinski definition) is 5. The molecule has 6 heteroatoms. The third-order valence-corrected chi connectivity index (χ3v) is 6.48. The van der Waals surface area contributed by atoms with Gasteiger partial charge in [-0.2, -0.15) is 0 Å². The fourth-order valence-electron chi connectivity index (χ4n) is 4.55. The molecule has 2 heterocycles. The number of hydrogen-bond donors (Lipinski definition) is 0. The maximum Gasteiger partial charge on any atom is 0.253 e. The zero-order valence-electron chi connectivity index (χ0n) is 18.8. The van der Waals surface area contributed by atoms with Crippen molar-refractivity contribution in [3.05, 3.63) is 59.7 Å². The number of likely N-dealkylation sites (N-methyl/N-ethyl adjacent to an activating group) is 1. The number of methoxy groups -OCH3 is 1. The van der Waals surface area contributed by atoms with Gasteiger partial charge in [-0.05, 0) is 36.4 Å². The molecule has 0 aromatic heterocycles. The minimum atomic E-state index is 0.165. The number of anilines is 1. The molecule has 2 aromatic rings. The standard InChI is InChI=1S/C25H34N4O2/c1-3-26-11-17-29(18-12-26)25(30)22-8-6-7-21(19-22)20-27-13-15-28(16-14-27)23-9-4-5-10-24(23)31-2/h4-10,19H,3,11-18,20H2,1-2H3.